The Balaban J connectivity index is 2.73. The summed E-state index contributed by atoms with van der Waals surface area (Å²) in [6, 6.07) is 0. The van der Waals surface area contributed by atoms with Gasteiger partial charge in [0, 0.05) is 0 Å². The number of phosphoric acid groups is 3. The van der Waals surface area contributed by atoms with E-state index in [1.54, 1.807) is 0 Å². The minimum Gasteiger partial charge on any atom is -0.388 e. The van der Waals surface area contributed by atoms with Crippen LogP contribution in [-0.4, -0.2) is 66.1 Å². The van der Waals surface area contributed by atoms with E-state index in [2.05, 4.69) is 17.9 Å². The molecule has 0 spiro atoms. The van der Waals surface area contributed by atoms with Gasteiger partial charge in [0.15, 0.2) is 6.29 Å². The Bertz CT molecular complexity index is 527. The van der Waals surface area contributed by atoms with Crippen LogP contribution in [0.2, 0.25) is 0 Å². The molecule has 0 aromatic rings. The lowest BCUT2D eigenvalue weighted by Gasteiger charge is -2.35. The molecule has 0 aliphatic carbocycles. The highest BCUT2D eigenvalue weighted by Gasteiger charge is 2.46. The third-order valence-electron chi connectivity index (χ3n) is 2.11. The van der Waals surface area contributed by atoms with Gasteiger partial charge < -0.3 is 39.6 Å². The van der Waals surface area contributed by atoms with E-state index < -0.39 is 54.7 Å². The molecule has 1 rings (SSSR count). The van der Waals surface area contributed by atoms with Crippen LogP contribution in [0.1, 0.15) is 0 Å². The molecule has 0 aromatic heterocycles. The quantitative estimate of drug-likeness (QED) is 0.238. The molecule has 1 aliphatic rings. The Morgan fingerprint density at radius 2 is 1.41 bits per heavy atom. The van der Waals surface area contributed by atoms with Gasteiger partial charge in [0.2, 0.25) is 0 Å². The molecule has 0 aromatic carbocycles. The van der Waals surface area contributed by atoms with E-state index in [9.17, 15) is 28.8 Å². The molecule has 2 unspecified atom stereocenters. The molecule has 1 heterocycles. The number of hydrogen-bond donors (Lipinski definition) is 7. The van der Waals surface area contributed by atoms with Crippen molar-refractivity contribution in [3.8, 4) is 0 Å². The van der Waals surface area contributed by atoms with E-state index in [1.165, 1.54) is 0 Å². The number of aliphatic hydroxyl groups excluding tert-OH is 3. The largest absolute Gasteiger partial charge is 0.490 e. The summed E-state index contributed by atoms with van der Waals surface area (Å²) in [6.07, 6.45) is -7.39. The molecule has 14 nitrogen and oxygen atoms in total. The zero-order valence-corrected chi connectivity index (χ0v) is 13.0. The highest BCUT2D eigenvalue weighted by atomic mass is 31.3. The predicted molar refractivity (Wildman–Crippen MR) is 62.7 cm³/mol. The summed E-state index contributed by atoms with van der Waals surface area (Å²) in [5.74, 6) is 0. The van der Waals surface area contributed by atoms with Crippen molar-refractivity contribution < 1.29 is 66.5 Å². The lowest BCUT2D eigenvalue weighted by atomic mass is 10.1. The lowest BCUT2D eigenvalue weighted by Crippen LogP contribution is -2.53. The van der Waals surface area contributed by atoms with Crippen molar-refractivity contribution in [2.45, 2.75) is 24.6 Å². The molecule has 132 valence electrons. The van der Waals surface area contributed by atoms with Gasteiger partial charge in [-0.1, -0.05) is 0 Å². The molecule has 1 saturated heterocycles. The summed E-state index contributed by atoms with van der Waals surface area (Å²) in [4.78, 5) is 34.7. The molecule has 0 amide bonds. The van der Waals surface area contributed by atoms with Crippen molar-refractivity contribution >= 4 is 23.5 Å². The summed E-state index contributed by atoms with van der Waals surface area (Å²) in [6.45, 7) is -0.612. The van der Waals surface area contributed by atoms with E-state index >= 15 is 0 Å². The van der Waals surface area contributed by atoms with Gasteiger partial charge in [-0.3, -0.25) is 4.52 Å². The van der Waals surface area contributed by atoms with Crippen molar-refractivity contribution in [3.63, 3.8) is 0 Å². The molecule has 17 heteroatoms. The first-order valence-corrected chi connectivity index (χ1v) is 9.72. The standard InChI is InChI=1S/C5H13O14P3/c6-2-1-16-5(4(8)3(2)7)17-21(12,13)19-22(14,15)18-20(9,10)11/h2-8H,1H2,(H,12,13)(H,14,15)(H2,9,10,11)/t2-,3+,4-,5+/m1/s1. The highest BCUT2D eigenvalue weighted by Crippen LogP contribution is 2.66. The monoisotopic (exact) mass is 390 g/mol. The maximum Gasteiger partial charge on any atom is 0.490 e. The van der Waals surface area contributed by atoms with E-state index in [0.29, 0.717) is 0 Å². The third-order valence-corrected chi connectivity index (χ3v) is 5.91. The molecular weight excluding hydrogens is 377 g/mol. The maximum absolute atomic E-state index is 11.4. The molecule has 0 saturated carbocycles. The lowest BCUT2D eigenvalue weighted by molar-refractivity contribution is -0.245. The van der Waals surface area contributed by atoms with E-state index in [-0.39, 0.29) is 0 Å². The first-order valence-electron chi connectivity index (χ1n) is 5.20. The van der Waals surface area contributed by atoms with Crippen LogP contribution in [0.15, 0.2) is 0 Å². The fourth-order valence-corrected chi connectivity index (χ4v) is 4.41. The topological polar surface area (TPSA) is 230 Å². The highest BCUT2D eigenvalue weighted by molar-refractivity contribution is 7.66. The first kappa shape index (κ1) is 20.3. The van der Waals surface area contributed by atoms with Gasteiger partial charge in [0.1, 0.15) is 18.3 Å². The summed E-state index contributed by atoms with van der Waals surface area (Å²) >= 11 is 0. The van der Waals surface area contributed by atoms with Crippen molar-refractivity contribution in [1.29, 1.82) is 0 Å². The minimum absolute atomic E-state index is 0.612. The van der Waals surface area contributed by atoms with Crippen molar-refractivity contribution in [3.05, 3.63) is 0 Å². The van der Waals surface area contributed by atoms with Crippen LogP contribution in [0.4, 0.5) is 0 Å². The smallest absolute Gasteiger partial charge is 0.388 e. The van der Waals surface area contributed by atoms with Crippen molar-refractivity contribution in [2.24, 2.45) is 0 Å². The van der Waals surface area contributed by atoms with Crippen LogP contribution in [0.3, 0.4) is 0 Å². The summed E-state index contributed by atoms with van der Waals surface area (Å²) in [7, 11) is -16.7. The molecular formula is C5H13O14P3. The molecule has 22 heavy (non-hydrogen) atoms. The summed E-state index contributed by atoms with van der Waals surface area (Å²) < 4.78 is 48.4. The van der Waals surface area contributed by atoms with Crippen molar-refractivity contribution in [1.82, 2.24) is 0 Å². The second-order valence-corrected chi connectivity index (χ2v) is 8.32. The number of aliphatic hydroxyl groups is 3. The van der Waals surface area contributed by atoms with Gasteiger partial charge in [0.25, 0.3) is 0 Å². The van der Waals surface area contributed by atoms with Gasteiger partial charge in [-0.15, -0.1) is 0 Å². The van der Waals surface area contributed by atoms with Gasteiger partial charge in [0.05, 0.1) is 6.61 Å². The minimum atomic E-state index is -5.70. The molecule has 1 aliphatic heterocycles. The van der Waals surface area contributed by atoms with Gasteiger partial charge in [-0.2, -0.15) is 8.62 Å². The normalized spacial score (nSPS) is 35.6. The first-order chi connectivity index (χ1) is 9.72. The fourth-order valence-electron chi connectivity index (χ4n) is 1.30. The van der Waals surface area contributed by atoms with E-state index in [4.69, 9.17) is 19.8 Å². The Morgan fingerprint density at radius 3 is 1.91 bits per heavy atom. The van der Waals surface area contributed by atoms with Gasteiger partial charge in [-0.25, -0.2) is 13.7 Å². The van der Waals surface area contributed by atoms with Crippen LogP contribution >= 0.6 is 23.5 Å². The van der Waals surface area contributed by atoms with Crippen LogP contribution in [0, 0.1) is 0 Å². The van der Waals surface area contributed by atoms with Crippen LogP contribution in [0.5, 0.6) is 0 Å². The molecule has 7 N–H and O–H groups in total. The SMILES string of the molecule is O=P(O)(O)OP(=O)(O)OP(=O)(O)O[C@@H]1OC[C@@H](O)[C@H](O)[C@H]1O. The Morgan fingerprint density at radius 1 is 0.864 bits per heavy atom. The zero-order valence-electron chi connectivity index (χ0n) is 10.3. The number of phosphoric ester groups is 1. The summed E-state index contributed by atoms with van der Waals surface area (Å²) in [5, 5.41) is 27.8. The van der Waals surface area contributed by atoms with E-state index in [1.807, 2.05) is 0 Å². The maximum atomic E-state index is 11.4. The number of rotatable bonds is 6. The average Bonchev–Trinajstić information content (AvgIpc) is 2.25. The Hall–Kier alpha value is 0.250. The van der Waals surface area contributed by atoms with Crippen molar-refractivity contribution in [2.75, 3.05) is 6.61 Å². The molecule has 0 radical (unpaired) electrons. The Labute approximate surface area is 122 Å². The number of hydrogen-bond acceptors (Lipinski definition) is 10. The average molecular weight is 390 g/mol. The van der Waals surface area contributed by atoms with E-state index in [0.717, 1.165) is 0 Å². The molecule has 1 fully saturated rings. The summed E-state index contributed by atoms with van der Waals surface area (Å²) in [5.41, 5.74) is 0. The molecule has 6 atom stereocenters. The van der Waals surface area contributed by atoms with Gasteiger partial charge in [-0.05, 0) is 0 Å². The third kappa shape index (κ3) is 6.40. The Kier molecular flexibility index (Phi) is 6.47. The molecule has 0 bridgehead atoms. The van der Waals surface area contributed by atoms with Crippen LogP contribution in [-0.2, 0) is 31.6 Å². The van der Waals surface area contributed by atoms with Crippen LogP contribution < -0.4 is 0 Å². The predicted octanol–water partition coefficient (Wildman–Crippen LogP) is -2.23. The fraction of sp³-hybridized carbons (Fsp3) is 1.00. The number of ether oxygens (including phenoxy) is 1. The zero-order chi connectivity index (χ0) is 17.3. The second-order valence-electron chi connectivity index (χ2n) is 3.95. The second kappa shape index (κ2) is 7.01. The van der Waals surface area contributed by atoms with Crippen LogP contribution in [0.25, 0.3) is 0 Å². The van der Waals surface area contributed by atoms with Gasteiger partial charge >= 0.3 is 23.5 Å².